The van der Waals surface area contributed by atoms with Crippen molar-refractivity contribution in [2.45, 2.75) is 25.3 Å². The number of hydrogen-bond donors (Lipinski definition) is 2. The Labute approximate surface area is 185 Å². The maximum atomic E-state index is 12.7. The van der Waals surface area contributed by atoms with E-state index in [0.29, 0.717) is 23.0 Å². The Morgan fingerprint density at radius 3 is 2.52 bits per heavy atom. The molecule has 0 saturated heterocycles. The van der Waals surface area contributed by atoms with E-state index in [1.165, 1.54) is 7.11 Å². The van der Waals surface area contributed by atoms with Crippen molar-refractivity contribution in [2.75, 3.05) is 11.8 Å². The predicted octanol–water partition coefficient (Wildman–Crippen LogP) is 3.65. The Kier molecular flexibility index (Phi) is 6.21. The molecular weight excluding hydrogens is 442 g/mol. The molecular formula is C20H20ClN5O4S. The lowest BCUT2D eigenvalue weighted by molar-refractivity contribution is 0.378. The molecule has 1 fully saturated rings. The lowest BCUT2D eigenvalue weighted by atomic mass is 10.3. The molecule has 3 aromatic rings. The summed E-state index contributed by atoms with van der Waals surface area (Å²) in [5, 5.41) is 0.00484. The summed E-state index contributed by atoms with van der Waals surface area (Å²) in [5.41, 5.74) is 0.567. The number of benzene rings is 1. The zero-order valence-electron chi connectivity index (χ0n) is 16.6. The van der Waals surface area contributed by atoms with Crippen molar-refractivity contribution in [3.63, 3.8) is 0 Å². The van der Waals surface area contributed by atoms with Gasteiger partial charge in [-0.25, -0.2) is 9.97 Å². The number of anilines is 1. The lowest BCUT2D eigenvalue weighted by Gasteiger charge is -2.16. The first kappa shape index (κ1) is 21.3. The summed E-state index contributed by atoms with van der Waals surface area (Å²) in [6.07, 6.45) is 3.43. The van der Waals surface area contributed by atoms with Crippen LogP contribution in [0.25, 0.3) is 0 Å². The summed E-state index contributed by atoms with van der Waals surface area (Å²) in [7, 11) is -2.50. The van der Waals surface area contributed by atoms with Gasteiger partial charge in [0.25, 0.3) is 0 Å². The molecule has 0 radical (unpaired) electrons. The average molecular weight is 462 g/mol. The van der Waals surface area contributed by atoms with Crippen LogP contribution in [0.4, 0.5) is 5.82 Å². The summed E-state index contributed by atoms with van der Waals surface area (Å²) in [4.78, 5) is 12.8. The van der Waals surface area contributed by atoms with E-state index in [-0.39, 0.29) is 29.2 Å². The second-order valence-corrected chi connectivity index (χ2v) is 8.68. The van der Waals surface area contributed by atoms with Crippen molar-refractivity contribution in [1.82, 2.24) is 19.7 Å². The van der Waals surface area contributed by atoms with E-state index >= 15 is 0 Å². The monoisotopic (exact) mass is 461 g/mol. The van der Waals surface area contributed by atoms with Crippen molar-refractivity contribution in [3.05, 3.63) is 65.3 Å². The van der Waals surface area contributed by atoms with Crippen LogP contribution in [0.15, 0.2) is 48.7 Å². The topological polar surface area (TPSA) is 115 Å². The van der Waals surface area contributed by atoms with Gasteiger partial charge in [-0.15, -0.1) is 0 Å². The third-order valence-electron chi connectivity index (χ3n) is 4.47. The Morgan fingerprint density at radius 1 is 1.10 bits per heavy atom. The number of pyridine rings is 1. The highest BCUT2D eigenvalue weighted by atomic mass is 35.5. The molecule has 0 aliphatic heterocycles. The van der Waals surface area contributed by atoms with Crippen molar-refractivity contribution in [2.24, 2.45) is 0 Å². The van der Waals surface area contributed by atoms with Gasteiger partial charge in [-0.2, -0.15) is 13.1 Å². The van der Waals surface area contributed by atoms with Gasteiger partial charge >= 0.3 is 10.2 Å². The summed E-state index contributed by atoms with van der Waals surface area (Å²) >= 11 is 6.37. The number of methoxy groups -OCH3 is 1. The Morgan fingerprint density at radius 2 is 1.84 bits per heavy atom. The van der Waals surface area contributed by atoms with Gasteiger partial charge in [-0.05, 0) is 37.1 Å². The van der Waals surface area contributed by atoms with Crippen molar-refractivity contribution < 1.29 is 17.9 Å². The van der Waals surface area contributed by atoms with E-state index in [9.17, 15) is 8.42 Å². The van der Waals surface area contributed by atoms with Gasteiger partial charge in [0.2, 0.25) is 5.75 Å². The molecule has 1 aromatic carbocycles. The number of ether oxygens (including phenoxy) is 2. The maximum absolute atomic E-state index is 12.7. The van der Waals surface area contributed by atoms with Crippen LogP contribution in [-0.2, 0) is 16.8 Å². The third kappa shape index (κ3) is 5.40. The first-order valence-electron chi connectivity index (χ1n) is 9.51. The Bertz CT molecular complexity index is 1170. The minimum absolute atomic E-state index is 0.00484. The molecule has 162 valence electrons. The van der Waals surface area contributed by atoms with E-state index in [4.69, 9.17) is 21.1 Å². The molecule has 0 spiro atoms. The number of nitrogens with zero attached hydrogens (tertiary/aromatic N) is 3. The molecule has 0 amide bonds. The van der Waals surface area contributed by atoms with E-state index in [1.54, 1.807) is 48.7 Å². The number of rotatable bonds is 9. The predicted molar refractivity (Wildman–Crippen MR) is 116 cm³/mol. The van der Waals surface area contributed by atoms with Crippen LogP contribution in [0.3, 0.4) is 0 Å². The van der Waals surface area contributed by atoms with Crippen LogP contribution in [0, 0.1) is 0 Å². The largest absolute Gasteiger partial charge is 0.493 e. The molecule has 4 rings (SSSR count). The maximum Gasteiger partial charge on any atom is 0.300 e. The van der Waals surface area contributed by atoms with Crippen LogP contribution < -0.4 is 18.9 Å². The Hall–Kier alpha value is -2.95. The van der Waals surface area contributed by atoms with Gasteiger partial charge in [0, 0.05) is 12.1 Å². The molecule has 1 aliphatic rings. The number of aromatic nitrogens is 3. The van der Waals surface area contributed by atoms with E-state index in [2.05, 4.69) is 24.4 Å². The van der Waals surface area contributed by atoms with E-state index < -0.39 is 10.2 Å². The van der Waals surface area contributed by atoms with E-state index in [1.807, 2.05) is 0 Å². The van der Waals surface area contributed by atoms with Crippen LogP contribution in [0.5, 0.6) is 17.2 Å². The van der Waals surface area contributed by atoms with Gasteiger partial charge in [0.1, 0.15) is 5.82 Å². The first-order chi connectivity index (χ1) is 14.9. The minimum atomic E-state index is -4.00. The first-order valence-corrected chi connectivity index (χ1v) is 11.4. The number of hydrogen-bond acceptors (Lipinski definition) is 7. The Balaban J connectivity index is 1.63. The van der Waals surface area contributed by atoms with Gasteiger partial charge in [0.05, 0.1) is 19.3 Å². The van der Waals surface area contributed by atoms with Crippen LogP contribution in [0.2, 0.25) is 5.15 Å². The van der Waals surface area contributed by atoms with Crippen molar-refractivity contribution >= 4 is 27.6 Å². The fraction of sp³-hybridized carbons (Fsp3) is 0.250. The zero-order chi connectivity index (χ0) is 21.8. The summed E-state index contributed by atoms with van der Waals surface area (Å²) in [6, 6.07) is 12.2. The standard InChI is InChI=1S/C20H20ClN5O4S/c1-29-15-7-2-3-8-16(15)30-17-18(21)24-19(13-9-10-13)25-20(17)26-31(27,28)23-12-14-6-4-5-11-22-14/h2-8,11,13,23H,9-10,12H2,1H3,(H,24,25,26). The van der Waals surface area contributed by atoms with Crippen LogP contribution in [-0.4, -0.2) is 30.5 Å². The summed E-state index contributed by atoms with van der Waals surface area (Å²) in [5.74, 6) is 1.35. The molecule has 0 unspecified atom stereocenters. The number of halogens is 1. The second kappa shape index (κ2) is 9.04. The summed E-state index contributed by atoms with van der Waals surface area (Å²) in [6.45, 7) is 0.00711. The molecule has 1 aliphatic carbocycles. The highest BCUT2D eigenvalue weighted by Crippen LogP contribution is 2.43. The summed E-state index contributed by atoms with van der Waals surface area (Å²) < 4.78 is 41.4. The van der Waals surface area contributed by atoms with E-state index in [0.717, 1.165) is 12.8 Å². The van der Waals surface area contributed by atoms with Crippen molar-refractivity contribution in [1.29, 1.82) is 0 Å². The highest BCUT2D eigenvalue weighted by molar-refractivity contribution is 7.90. The number of nitrogens with one attached hydrogen (secondary N) is 2. The molecule has 0 atom stereocenters. The molecule has 0 bridgehead atoms. The van der Waals surface area contributed by atoms with Gasteiger partial charge in [0.15, 0.2) is 22.5 Å². The average Bonchev–Trinajstić information content (AvgIpc) is 3.61. The molecule has 31 heavy (non-hydrogen) atoms. The van der Waals surface area contributed by atoms with Gasteiger partial charge in [-0.3, -0.25) is 9.71 Å². The van der Waals surface area contributed by atoms with Crippen molar-refractivity contribution in [3.8, 4) is 17.2 Å². The molecule has 1 saturated carbocycles. The fourth-order valence-electron chi connectivity index (χ4n) is 2.77. The third-order valence-corrected chi connectivity index (χ3v) is 5.71. The molecule has 9 nitrogen and oxygen atoms in total. The smallest absolute Gasteiger partial charge is 0.300 e. The molecule has 2 N–H and O–H groups in total. The van der Waals surface area contributed by atoms with Gasteiger partial charge in [-0.1, -0.05) is 29.8 Å². The van der Waals surface area contributed by atoms with Crippen LogP contribution in [0.1, 0.15) is 30.3 Å². The molecule has 2 aromatic heterocycles. The quantitative estimate of drug-likeness (QED) is 0.467. The number of para-hydroxylation sites is 2. The van der Waals surface area contributed by atoms with Crippen LogP contribution >= 0.6 is 11.6 Å². The molecule has 11 heteroatoms. The normalized spacial score (nSPS) is 13.6. The van der Waals surface area contributed by atoms with Gasteiger partial charge < -0.3 is 9.47 Å². The SMILES string of the molecule is COc1ccccc1Oc1c(Cl)nc(C2CC2)nc1NS(=O)(=O)NCc1ccccn1. The molecule has 2 heterocycles. The minimum Gasteiger partial charge on any atom is -0.493 e. The fourth-order valence-corrected chi connectivity index (χ4v) is 3.79. The lowest BCUT2D eigenvalue weighted by Crippen LogP contribution is -2.30. The second-order valence-electron chi connectivity index (χ2n) is 6.83. The zero-order valence-corrected chi connectivity index (χ0v) is 18.2. The highest BCUT2D eigenvalue weighted by Gasteiger charge is 2.30.